The molecule has 1 saturated heterocycles. The molecule has 0 saturated carbocycles. The summed E-state index contributed by atoms with van der Waals surface area (Å²) in [6.07, 6.45) is 3.93. The van der Waals surface area contributed by atoms with Gasteiger partial charge in [0.05, 0.1) is 0 Å². The van der Waals surface area contributed by atoms with Crippen molar-refractivity contribution in [3.05, 3.63) is 0 Å². The van der Waals surface area contributed by atoms with Gasteiger partial charge < -0.3 is 10.2 Å². The van der Waals surface area contributed by atoms with Gasteiger partial charge in [0.1, 0.15) is 0 Å². The van der Waals surface area contributed by atoms with Gasteiger partial charge in [0.25, 0.3) is 0 Å². The first kappa shape index (κ1) is 14.0. The molecule has 0 amide bonds. The molecule has 2 atom stereocenters. The van der Waals surface area contributed by atoms with Crippen molar-refractivity contribution in [3.8, 4) is 0 Å². The van der Waals surface area contributed by atoms with Crippen LogP contribution < -0.4 is 5.32 Å². The van der Waals surface area contributed by atoms with Crippen LogP contribution in [0, 0.1) is 11.3 Å². The lowest BCUT2D eigenvalue weighted by atomic mass is 9.88. The molecule has 2 heteroatoms. The van der Waals surface area contributed by atoms with Crippen LogP contribution in [-0.4, -0.2) is 37.6 Å². The average Bonchev–Trinajstić information content (AvgIpc) is 2.25. The van der Waals surface area contributed by atoms with Crippen LogP contribution in [0.5, 0.6) is 0 Å². The van der Waals surface area contributed by atoms with Gasteiger partial charge in [-0.15, -0.1) is 0 Å². The SMILES string of the molecule is CCC1CN(CCC(C)(C)C)CCC1NC. The minimum absolute atomic E-state index is 0.474. The Bertz CT molecular complexity index is 195. The first-order valence-electron chi connectivity index (χ1n) is 6.86. The molecular weight excluding hydrogens is 196 g/mol. The molecule has 2 unspecified atom stereocenters. The minimum atomic E-state index is 0.474. The molecule has 1 aliphatic rings. The number of rotatable bonds is 4. The molecule has 0 aromatic heterocycles. The molecule has 0 aliphatic carbocycles. The summed E-state index contributed by atoms with van der Waals surface area (Å²) in [5, 5.41) is 3.47. The van der Waals surface area contributed by atoms with Gasteiger partial charge >= 0.3 is 0 Å². The van der Waals surface area contributed by atoms with Crippen LogP contribution in [0.1, 0.15) is 47.0 Å². The van der Waals surface area contributed by atoms with E-state index in [1.807, 2.05) is 0 Å². The highest BCUT2D eigenvalue weighted by molar-refractivity contribution is 4.84. The molecule has 1 heterocycles. The summed E-state index contributed by atoms with van der Waals surface area (Å²) in [6.45, 7) is 13.2. The highest BCUT2D eigenvalue weighted by Crippen LogP contribution is 2.23. The maximum Gasteiger partial charge on any atom is 0.0117 e. The van der Waals surface area contributed by atoms with Crippen molar-refractivity contribution in [2.24, 2.45) is 11.3 Å². The Morgan fingerprint density at radius 1 is 1.31 bits per heavy atom. The predicted molar refractivity (Wildman–Crippen MR) is 71.8 cm³/mol. The molecule has 1 fully saturated rings. The molecule has 96 valence electrons. The topological polar surface area (TPSA) is 15.3 Å². The quantitative estimate of drug-likeness (QED) is 0.793. The van der Waals surface area contributed by atoms with Crippen molar-refractivity contribution >= 4 is 0 Å². The highest BCUT2D eigenvalue weighted by atomic mass is 15.1. The summed E-state index contributed by atoms with van der Waals surface area (Å²) in [6, 6.07) is 0.746. The van der Waals surface area contributed by atoms with Crippen LogP contribution >= 0.6 is 0 Å². The van der Waals surface area contributed by atoms with Crippen LogP contribution in [0.25, 0.3) is 0 Å². The van der Waals surface area contributed by atoms with Gasteiger partial charge in [-0.3, -0.25) is 0 Å². The summed E-state index contributed by atoms with van der Waals surface area (Å²) in [5.41, 5.74) is 0.474. The van der Waals surface area contributed by atoms with E-state index >= 15 is 0 Å². The molecule has 0 spiro atoms. The Labute approximate surface area is 102 Å². The molecule has 2 nitrogen and oxygen atoms in total. The Morgan fingerprint density at radius 3 is 2.50 bits per heavy atom. The van der Waals surface area contributed by atoms with Crippen molar-refractivity contribution in [1.82, 2.24) is 10.2 Å². The zero-order chi connectivity index (χ0) is 12.2. The van der Waals surface area contributed by atoms with Gasteiger partial charge in [0.15, 0.2) is 0 Å². The van der Waals surface area contributed by atoms with Gasteiger partial charge in [0, 0.05) is 12.6 Å². The summed E-state index contributed by atoms with van der Waals surface area (Å²) < 4.78 is 0. The van der Waals surface area contributed by atoms with Crippen molar-refractivity contribution in [1.29, 1.82) is 0 Å². The summed E-state index contributed by atoms with van der Waals surface area (Å²) in [7, 11) is 2.11. The molecule has 1 N–H and O–H groups in total. The van der Waals surface area contributed by atoms with Crippen molar-refractivity contribution in [2.45, 2.75) is 53.0 Å². The fourth-order valence-electron chi connectivity index (χ4n) is 2.60. The lowest BCUT2D eigenvalue weighted by Crippen LogP contribution is -2.48. The molecule has 0 radical (unpaired) electrons. The van der Waals surface area contributed by atoms with Gasteiger partial charge in [-0.25, -0.2) is 0 Å². The third-order valence-corrected chi connectivity index (χ3v) is 3.89. The zero-order valence-electron chi connectivity index (χ0n) is 11.8. The molecular formula is C14H30N2. The monoisotopic (exact) mass is 226 g/mol. The van der Waals surface area contributed by atoms with Crippen molar-refractivity contribution < 1.29 is 0 Å². The second-order valence-electron chi connectivity index (χ2n) is 6.46. The number of nitrogens with zero attached hydrogens (tertiary/aromatic N) is 1. The van der Waals surface area contributed by atoms with Crippen LogP contribution in [0.2, 0.25) is 0 Å². The Hall–Kier alpha value is -0.0800. The lowest BCUT2D eigenvalue weighted by molar-refractivity contribution is 0.125. The molecule has 1 aliphatic heterocycles. The van der Waals surface area contributed by atoms with E-state index in [4.69, 9.17) is 0 Å². The van der Waals surface area contributed by atoms with E-state index in [0.29, 0.717) is 5.41 Å². The smallest absolute Gasteiger partial charge is 0.0117 e. The van der Waals surface area contributed by atoms with Gasteiger partial charge in [-0.2, -0.15) is 0 Å². The van der Waals surface area contributed by atoms with E-state index in [1.165, 1.54) is 38.9 Å². The van der Waals surface area contributed by atoms with E-state index in [-0.39, 0.29) is 0 Å². The maximum atomic E-state index is 3.47. The van der Waals surface area contributed by atoms with Crippen molar-refractivity contribution in [2.75, 3.05) is 26.7 Å². The summed E-state index contributed by atoms with van der Waals surface area (Å²) >= 11 is 0. The zero-order valence-corrected chi connectivity index (χ0v) is 11.8. The lowest BCUT2D eigenvalue weighted by Gasteiger charge is -2.39. The third kappa shape index (κ3) is 4.42. The second kappa shape index (κ2) is 6.02. The van der Waals surface area contributed by atoms with E-state index in [2.05, 4.69) is 45.0 Å². The normalized spacial score (nSPS) is 28.3. The Kier molecular flexibility index (Phi) is 5.26. The van der Waals surface area contributed by atoms with Crippen molar-refractivity contribution in [3.63, 3.8) is 0 Å². The van der Waals surface area contributed by atoms with Gasteiger partial charge in [-0.05, 0) is 44.3 Å². The number of nitrogens with one attached hydrogen (secondary N) is 1. The van der Waals surface area contributed by atoms with E-state index in [1.54, 1.807) is 0 Å². The van der Waals surface area contributed by atoms with Crippen LogP contribution in [0.4, 0.5) is 0 Å². The summed E-state index contributed by atoms with van der Waals surface area (Å²) in [5.74, 6) is 0.846. The predicted octanol–water partition coefficient (Wildman–Crippen LogP) is 2.74. The fraction of sp³-hybridized carbons (Fsp3) is 1.00. The Balaban J connectivity index is 2.36. The number of hydrogen-bond acceptors (Lipinski definition) is 2. The van der Waals surface area contributed by atoms with Crippen LogP contribution in [0.3, 0.4) is 0 Å². The largest absolute Gasteiger partial charge is 0.317 e. The van der Waals surface area contributed by atoms with Gasteiger partial charge in [-0.1, -0.05) is 34.1 Å². The second-order valence-corrected chi connectivity index (χ2v) is 6.46. The molecule has 1 rings (SSSR count). The van der Waals surface area contributed by atoms with Gasteiger partial charge in [0.2, 0.25) is 0 Å². The number of hydrogen-bond donors (Lipinski definition) is 1. The maximum absolute atomic E-state index is 3.47. The first-order chi connectivity index (χ1) is 7.46. The van der Waals surface area contributed by atoms with E-state index < -0.39 is 0 Å². The van der Waals surface area contributed by atoms with Crippen LogP contribution in [-0.2, 0) is 0 Å². The Morgan fingerprint density at radius 2 is 2.00 bits per heavy atom. The first-order valence-corrected chi connectivity index (χ1v) is 6.86. The average molecular weight is 226 g/mol. The third-order valence-electron chi connectivity index (χ3n) is 3.89. The molecule has 0 aromatic carbocycles. The minimum Gasteiger partial charge on any atom is -0.317 e. The standard InChI is InChI=1S/C14H30N2/c1-6-12-11-16(9-7-13(12)15-5)10-8-14(2,3)4/h12-13,15H,6-11H2,1-5H3. The molecule has 0 bridgehead atoms. The molecule has 16 heavy (non-hydrogen) atoms. The van der Waals surface area contributed by atoms with E-state index in [0.717, 1.165) is 12.0 Å². The van der Waals surface area contributed by atoms with E-state index in [9.17, 15) is 0 Å². The number of piperidine rings is 1. The summed E-state index contributed by atoms with van der Waals surface area (Å²) in [4.78, 5) is 2.66. The number of likely N-dealkylation sites (tertiary alicyclic amines) is 1. The highest BCUT2D eigenvalue weighted by Gasteiger charge is 2.27. The molecule has 0 aromatic rings. The van der Waals surface area contributed by atoms with Crippen LogP contribution in [0.15, 0.2) is 0 Å². The fourth-order valence-corrected chi connectivity index (χ4v) is 2.60.